The van der Waals surface area contributed by atoms with Crippen molar-refractivity contribution < 1.29 is 27.6 Å². The van der Waals surface area contributed by atoms with Gasteiger partial charge in [-0.3, -0.25) is 14.4 Å². The zero-order valence-electron chi connectivity index (χ0n) is 18.4. The molecule has 0 spiro atoms. The number of halogens is 3. The van der Waals surface area contributed by atoms with E-state index in [0.717, 1.165) is 25.0 Å². The van der Waals surface area contributed by atoms with Gasteiger partial charge in [0.25, 0.3) is 11.7 Å². The Kier molecular flexibility index (Phi) is 5.99. The normalized spacial score (nSPS) is 13.4. The fraction of sp³-hybridized carbons (Fsp3) is 0.250. The SMILES string of the molecule is Cc1nn(-c2cccc(C(F)(F)F)c2)c(C)c1C(=O)C(=O)Nc1ccc(NC(=O)C2CC2)cc1. The molecule has 7 nitrogen and oxygen atoms in total. The Balaban J connectivity index is 1.50. The maximum Gasteiger partial charge on any atom is 0.416 e. The van der Waals surface area contributed by atoms with E-state index in [1.807, 2.05) is 0 Å². The fourth-order valence-corrected chi connectivity index (χ4v) is 3.56. The lowest BCUT2D eigenvalue weighted by Crippen LogP contribution is -2.24. The van der Waals surface area contributed by atoms with Gasteiger partial charge in [-0.25, -0.2) is 4.68 Å². The highest BCUT2D eigenvalue weighted by Crippen LogP contribution is 2.31. The van der Waals surface area contributed by atoms with Gasteiger partial charge in [0.1, 0.15) is 0 Å². The molecule has 34 heavy (non-hydrogen) atoms. The van der Waals surface area contributed by atoms with E-state index in [2.05, 4.69) is 15.7 Å². The Morgan fingerprint density at radius 3 is 2.18 bits per heavy atom. The molecule has 0 unspecified atom stereocenters. The molecule has 2 amide bonds. The lowest BCUT2D eigenvalue weighted by Gasteiger charge is -2.10. The molecule has 0 atom stereocenters. The molecule has 0 aliphatic heterocycles. The highest BCUT2D eigenvalue weighted by molar-refractivity contribution is 6.47. The van der Waals surface area contributed by atoms with Crippen LogP contribution >= 0.6 is 0 Å². The minimum absolute atomic E-state index is 0.0169. The van der Waals surface area contributed by atoms with E-state index in [-0.39, 0.29) is 34.5 Å². The van der Waals surface area contributed by atoms with Gasteiger partial charge in [0.15, 0.2) is 0 Å². The molecule has 1 saturated carbocycles. The molecule has 0 saturated heterocycles. The molecule has 0 radical (unpaired) electrons. The van der Waals surface area contributed by atoms with Crippen molar-refractivity contribution in [2.45, 2.75) is 32.9 Å². The van der Waals surface area contributed by atoms with E-state index in [1.54, 1.807) is 24.3 Å². The maximum absolute atomic E-state index is 13.1. The number of nitrogens with one attached hydrogen (secondary N) is 2. The Hall–Kier alpha value is -3.95. The molecule has 4 rings (SSSR count). The first kappa shape index (κ1) is 23.2. The summed E-state index contributed by atoms with van der Waals surface area (Å²) in [6.45, 7) is 3.02. The maximum atomic E-state index is 13.1. The van der Waals surface area contributed by atoms with E-state index in [4.69, 9.17) is 0 Å². The molecule has 2 aromatic carbocycles. The zero-order chi connectivity index (χ0) is 24.6. The van der Waals surface area contributed by atoms with E-state index >= 15 is 0 Å². The van der Waals surface area contributed by atoms with Crippen LogP contribution in [0.1, 0.15) is 40.2 Å². The zero-order valence-corrected chi connectivity index (χ0v) is 18.4. The Morgan fingerprint density at radius 1 is 0.971 bits per heavy atom. The summed E-state index contributed by atoms with van der Waals surface area (Å²) >= 11 is 0. The summed E-state index contributed by atoms with van der Waals surface area (Å²) in [6, 6.07) is 10.9. The van der Waals surface area contributed by atoms with Crippen molar-refractivity contribution in [1.82, 2.24) is 9.78 Å². The van der Waals surface area contributed by atoms with Gasteiger partial charge in [0.2, 0.25) is 5.91 Å². The number of benzene rings is 2. The number of carbonyl (C=O) groups excluding carboxylic acids is 3. The van der Waals surface area contributed by atoms with Gasteiger partial charge in [-0.05, 0) is 69.2 Å². The van der Waals surface area contributed by atoms with Crippen molar-refractivity contribution in [2.24, 2.45) is 5.92 Å². The average Bonchev–Trinajstić information content (AvgIpc) is 3.59. The van der Waals surface area contributed by atoms with E-state index in [0.29, 0.717) is 11.4 Å². The van der Waals surface area contributed by atoms with Crippen LogP contribution in [0.4, 0.5) is 24.5 Å². The summed E-state index contributed by atoms with van der Waals surface area (Å²) in [5, 5.41) is 9.46. The summed E-state index contributed by atoms with van der Waals surface area (Å²) in [6.07, 6.45) is -2.77. The monoisotopic (exact) mass is 470 g/mol. The number of amides is 2. The van der Waals surface area contributed by atoms with Gasteiger partial charge >= 0.3 is 6.18 Å². The third-order valence-electron chi connectivity index (χ3n) is 5.50. The first-order chi connectivity index (χ1) is 16.0. The predicted molar refractivity (Wildman–Crippen MR) is 119 cm³/mol. The highest BCUT2D eigenvalue weighted by Gasteiger charge is 2.32. The van der Waals surface area contributed by atoms with Crippen LogP contribution in [-0.4, -0.2) is 27.4 Å². The number of aromatic nitrogens is 2. The molecule has 1 aromatic heterocycles. The van der Waals surface area contributed by atoms with Gasteiger partial charge in [0, 0.05) is 17.3 Å². The average molecular weight is 470 g/mol. The smallest absolute Gasteiger partial charge is 0.326 e. The van der Waals surface area contributed by atoms with Crippen LogP contribution in [0.2, 0.25) is 0 Å². The molecule has 10 heteroatoms. The second-order valence-electron chi connectivity index (χ2n) is 8.13. The van der Waals surface area contributed by atoms with Crippen molar-refractivity contribution in [3.05, 3.63) is 71.0 Å². The quantitative estimate of drug-likeness (QED) is 0.404. The molecular formula is C24H21F3N4O3. The van der Waals surface area contributed by atoms with E-state index < -0.39 is 23.4 Å². The topological polar surface area (TPSA) is 93.1 Å². The fourth-order valence-electron chi connectivity index (χ4n) is 3.56. The number of ketones is 1. The number of nitrogens with zero attached hydrogens (tertiary/aromatic N) is 2. The van der Waals surface area contributed by atoms with Gasteiger partial charge in [0.05, 0.1) is 28.2 Å². The lowest BCUT2D eigenvalue weighted by molar-refractivity contribution is -0.137. The summed E-state index contributed by atoms with van der Waals surface area (Å²) in [4.78, 5) is 37.3. The number of rotatable bonds is 6. The van der Waals surface area contributed by atoms with Crippen molar-refractivity contribution >= 4 is 29.0 Å². The minimum Gasteiger partial charge on any atom is -0.326 e. The predicted octanol–water partition coefficient (Wildman–Crippen LogP) is 4.68. The first-order valence-corrected chi connectivity index (χ1v) is 10.5. The minimum atomic E-state index is -4.53. The number of hydrogen-bond donors (Lipinski definition) is 2. The van der Waals surface area contributed by atoms with E-state index in [1.165, 1.54) is 30.7 Å². The third-order valence-corrected chi connectivity index (χ3v) is 5.50. The summed E-state index contributed by atoms with van der Waals surface area (Å²) < 4.78 is 40.4. The molecule has 1 heterocycles. The van der Waals surface area contributed by atoms with Crippen LogP contribution in [-0.2, 0) is 15.8 Å². The Bertz CT molecular complexity index is 1280. The Morgan fingerprint density at radius 2 is 1.59 bits per heavy atom. The molecular weight excluding hydrogens is 449 g/mol. The summed E-state index contributed by atoms with van der Waals surface area (Å²) in [5.41, 5.74) is 0.684. The van der Waals surface area contributed by atoms with Crippen LogP contribution in [0.3, 0.4) is 0 Å². The Labute approximate surface area is 193 Å². The second-order valence-corrected chi connectivity index (χ2v) is 8.13. The summed E-state index contributed by atoms with van der Waals surface area (Å²) in [7, 11) is 0. The van der Waals surface area contributed by atoms with E-state index in [9.17, 15) is 27.6 Å². The van der Waals surface area contributed by atoms with Gasteiger partial charge in [-0.15, -0.1) is 0 Å². The lowest BCUT2D eigenvalue weighted by atomic mass is 10.1. The first-order valence-electron chi connectivity index (χ1n) is 10.5. The van der Waals surface area contributed by atoms with Crippen LogP contribution in [0.25, 0.3) is 5.69 Å². The molecule has 3 aromatic rings. The molecule has 0 bridgehead atoms. The number of anilines is 2. The second kappa shape index (κ2) is 8.77. The summed E-state index contributed by atoms with van der Waals surface area (Å²) in [5.74, 6) is -1.76. The molecule has 1 aliphatic carbocycles. The number of Topliss-reactive ketones (excluding diaryl/α,β-unsaturated/α-hetero) is 1. The van der Waals surface area contributed by atoms with Crippen LogP contribution in [0.15, 0.2) is 48.5 Å². The van der Waals surface area contributed by atoms with Crippen molar-refractivity contribution in [2.75, 3.05) is 10.6 Å². The van der Waals surface area contributed by atoms with Crippen LogP contribution in [0, 0.1) is 19.8 Å². The number of aryl methyl sites for hydroxylation is 1. The molecule has 2 N–H and O–H groups in total. The van der Waals surface area contributed by atoms with Gasteiger partial charge in [-0.1, -0.05) is 6.07 Å². The van der Waals surface area contributed by atoms with Crippen LogP contribution < -0.4 is 10.6 Å². The molecule has 176 valence electrons. The van der Waals surface area contributed by atoms with Crippen molar-refractivity contribution in [3.63, 3.8) is 0 Å². The standard InChI is InChI=1S/C24H21F3N4O3/c1-13-20(14(2)31(30-13)19-5-3-4-16(12-19)24(25,26)27)21(32)23(34)29-18-10-8-17(9-11-18)28-22(33)15-6-7-15/h3-5,8-12,15H,6-7H2,1-2H3,(H,28,33)(H,29,34). The third kappa shape index (κ3) is 4.85. The van der Waals surface area contributed by atoms with Crippen LogP contribution in [0.5, 0.6) is 0 Å². The van der Waals surface area contributed by atoms with Crippen molar-refractivity contribution in [3.8, 4) is 5.69 Å². The number of hydrogen-bond acceptors (Lipinski definition) is 4. The molecule has 1 fully saturated rings. The number of carbonyl (C=O) groups is 3. The van der Waals surface area contributed by atoms with Gasteiger partial charge in [-0.2, -0.15) is 18.3 Å². The number of alkyl halides is 3. The van der Waals surface area contributed by atoms with Crippen molar-refractivity contribution in [1.29, 1.82) is 0 Å². The highest BCUT2D eigenvalue weighted by atomic mass is 19.4. The van der Waals surface area contributed by atoms with Gasteiger partial charge < -0.3 is 10.6 Å². The molecule has 1 aliphatic rings. The largest absolute Gasteiger partial charge is 0.416 e.